The number of methoxy groups -OCH3 is 1. The Hall–Kier alpha value is -1.51. The first-order chi connectivity index (χ1) is 10.3. The Kier molecular flexibility index (Phi) is 7.43. The second-order valence-corrected chi connectivity index (χ2v) is 6.83. The molecule has 0 fully saturated rings. The summed E-state index contributed by atoms with van der Waals surface area (Å²) in [6.07, 6.45) is 1.57. The van der Waals surface area contributed by atoms with Gasteiger partial charge in [-0.1, -0.05) is 12.1 Å². The summed E-state index contributed by atoms with van der Waals surface area (Å²) < 4.78 is 42.0. The fourth-order valence-corrected chi connectivity index (χ4v) is 2.58. The zero-order chi connectivity index (χ0) is 16.6. The van der Waals surface area contributed by atoms with Crippen molar-refractivity contribution in [3.63, 3.8) is 0 Å². The normalized spacial score (nSPS) is 11.6. The molecule has 0 bridgehead atoms. The summed E-state index contributed by atoms with van der Waals surface area (Å²) >= 11 is 0. The van der Waals surface area contributed by atoms with Crippen LogP contribution in [0.5, 0.6) is 0 Å². The van der Waals surface area contributed by atoms with Crippen LogP contribution in [0.4, 0.5) is 4.39 Å². The van der Waals surface area contributed by atoms with Gasteiger partial charge in [-0.3, -0.25) is 4.79 Å². The van der Waals surface area contributed by atoms with Crippen molar-refractivity contribution in [2.75, 3.05) is 33.1 Å². The van der Waals surface area contributed by atoms with Gasteiger partial charge in [-0.2, -0.15) is 4.31 Å². The minimum absolute atomic E-state index is 0.217. The lowest BCUT2D eigenvalue weighted by Gasteiger charge is -2.19. The number of hydrogen-bond donors (Lipinski definition) is 1. The lowest BCUT2D eigenvalue weighted by molar-refractivity contribution is -0.121. The van der Waals surface area contributed by atoms with Crippen LogP contribution in [-0.4, -0.2) is 51.7 Å². The second kappa shape index (κ2) is 8.82. The molecule has 1 amide bonds. The number of nitrogens with zero attached hydrogens (tertiary/aromatic N) is 1. The maximum Gasteiger partial charge on any atom is 0.235 e. The molecule has 0 unspecified atom stereocenters. The van der Waals surface area contributed by atoms with Crippen molar-refractivity contribution in [1.29, 1.82) is 0 Å². The average molecular weight is 332 g/mol. The highest BCUT2D eigenvalue weighted by Crippen LogP contribution is 2.03. The summed E-state index contributed by atoms with van der Waals surface area (Å²) in [6.45, 7) is 0.610. The van der Waals surface area contributed by atoms with Gasteiger partial charge in [0, 0.05) is 26.8 Å². The summed E-state index contributed by atoms with van der Waals surface area (Å²) in [5.74, 6) is -0.761. The van der Waals surface area contributed by atoms with Gasteiger partial charge in [0.2, 0.25) is 15.9 Å². The zero-order valence-corrected chi connectivity index (χ0v) is 13.5. The van der Waals surface area contributed by atoms with Gasteiger partial charge in [0.15, 0.2) is 0 Å². The molecule has 0 aliphatic heterocycles. The third-order valence-electron chi connectivity index (χ3n) is 2.95. The predicted octanol–water partition coefficient (Wildman–Crippen LogP) is 0.740. The van der Waals surface area contributed by atoms with Gasteiger partial charge in [-0.25, -0.2) is 12.8 Å². The van der Waals surface area contributed by atoms with Crippen LogP contribution in [0, 0.1) is 5.82 Å². The summed E-state index contributed by atoms with van der Waals surface area (Å²) in [4.78, 5) is 11.9. The van der Waals surface area contributed by atoms with Gasteiger partial charge in [-0.05, 0) is 24.1 Å². The number of carbonyl (C=O) groups excluding carboxylic acids is 1. The maximum absolute atomic E-state index is 12.8. The summed E-state index contributed by atoms with van der Waals surface area (Å²) in [5, 5.41) is 2.61. The monoisotopic (exact) mass is 332 g/mol. The van der Waals surface area contributed by atoms with Crippen LogP contribution in [0.2, 0.25) is 0 Å². The number of hydrogen-bond acceptors (Lipinski definition) is 4. The van der Waals surface area contributed by atoms with Gasteiger partial charge in [0.05, 0.1) is 12.8 Å². The van der Waals surface area contributed by atoms with Crippen LogP contribution in [-0.2, 0) is 26.1 Å². The van der Waals surface area contributed by atoms with E-state index >= 15 is 0 Å². The molecule has 0 aromatic heterocycles. The van der Waals surface area contributed by atoms with Gasteiger partial charge in [0.25, 0.3) is 0 Å². The number of amides is 1. The standard InChI is InChI=1S/C14H21FN2O4S/c1-21-9-3-8-17(22(2,19)20)11-14(18)16-10-12-4-6-13(15)7-5-12/h4-7H,3,8-11H2,1-2H3,(H,16,18). The van der Waals surface area contributed by atoms with E-state index in [-0.39, 0.29) is 25.5 Å². The number of rotatable bonds is 9. The van der Waals surface area contributed by atoms with E-state index < -0.39 is 15.9 Å². The van der Waals surface area contributed by atoms with Crippen molar-refractivity contribution in [1.82, 2.24) is 9.62 Å². The topological polar surface area (TPSA) is 75.7 Å². The highest BCUT2D eigenvalue weighted by Gasteiger charge is 2.19. The van der Waals surface area contributed by atoms with Gasteiger partial charge in [-0.15, -0.1) is 0 Å². The lowest BCUT2D eigenvalue weighted by atomic mass is 10.2. The van der Waals surface area contributed by atoms with Crippen LogP contribution in [0.25, 0.3) is 0 Å². The number of ether oxygens (including phenoxy) is 1. The van der Waals surface area contributed by atoms with Crippen LogP contribution >= 0.6 is 0 Å². The van der Waals surface area contributed by atoms with Gasteiger partial charge >= 0.3 is 0 Å². The first-order valence-corrected chi connectivity index (χ1v) is 8.63. The van der Waals surface area contributed by atoms with E-state index in [9.17, 15) is 17.6 Å². The maximum atomic E-state index is 12.8. The predicted molar refractivity (Wildman–Crippen MR) is 81.2 cm³/mol. The number of carbonyl (C=O) groups is 1. The highest BCUT2D eigenvalue weighted by atomic mass is 32.2. The quantitative estimate of drug-likeness (QED) is 0.677. The third-order valence-corrected chi connectivity index (χ3v) is 4.20. The van der Waals surface area contributed by atoms with E-state index in [1.165, 1.54) is 19.2 Å². The Morgan fingerprint density at radius 3 is 2.50 bits per heavy atom. The SMILES string of the molecule is COCCCN(CC(=O)NCc1ccc(F)cc1)S(C)(=O)=O. The molecule has 1 aromatic carbocycles. The molecule has 1 N–H and O–H groups in total. The van der Waals surface area contributed by atoms with E-state index in [1.54, 1.807) is 12.1 Å². The number of nitrogens with one attached hydrogen (secondary N) is 1. The van der Waals surface area contributed by atoms with E-state index in [0.717, 1.165) is 16.1 Å². The van der Waals surface area contributed by atoms with E-state index in [4.69, 9.17) is 4.74 Å². The summed E-state index contributed by atoms with van der Waals surface area (Å²) in [5.41, 5.74) is 0.736. The Morgan fingerprint density at radius 2 is 1.95 bits per heavy atom. The van der Waals surface area contributed by atoms with Crippen molar-refractivity contribution in [2.45, 2.75) is 13.0 Å². The van der Waals surface area contributed by atoms with Crippen molar-refractivity contribution in [2.24, 2.45) is 0 Å². The van der Waals surface area contributed by atoms with Crippen molar-refractivity contribution >= 4 is 15.9 Å². The molecule has 0 aliphatic rings. The van der Waals surface area contributed by atoms with Crippen molar-refractivity contribution in [3.8, 4) is 0 Å². The molecular formula is C14H21FN2O4S. The Balaban J connectivity index is 2.50. The Morgan fingerprint density at radius 1 is 1.32 bits per heavy atom. The largest absolute Gasteiger partial charge is 0.385 e. The van der Waals surface area contributed by atoms with E-state index in [0.29, 0.717) is 13.0 Å². The molecule has 8 heteroatoms. The first-order valence-electron chi connectivity index (χ1n) is 6.78. The Bertz CT molecular complexity index is 575. The molecule has 6 nitrogen and oxygen atoms in total. The molecule has 1 aromatic rings. The molecule has 1 rings (SSSR count). The van der Waals surface area contributed by atoms with Crippen LogP contribution < -0.4 is 5.32 Å². The second-order valence-electron chi connectivity index (χ2n) is 4.85. The van der Waals surface area contributed by atoms with Crippen LogP contribution in [0.3, 0.4) is 0 Å². The smallest absolute Gasteiger partial charge is 0.235 e. The molecule has 0 radical (unpaired) electrons. The number of sulfonamides is 1. The van der Waals surface area contributed by atoms with E-state index in [2.05, 4.69) is 5.32 Å². The van der Waals surface area contributed by atoms with Crippen molar-refractivity contribution < 1.29 is 22.3 Å². The summed E-state index contributed by atoms with van der Waals surface area (Å²) in [7, 11) is -1.93. The molecule has 0 spiro atoms. The fourth-order valence-electron chi connectivity index (χ4n) is 1.77. The molecule has 0 heterocycles. The molecule has 0 atom stereocenters. The number of benzene rings is 1. The number of halogens is 1. The molecule has 0 aliphatic carbocycles. The highest BCUT2D eigenvalue weighted by molar-refractivity contribution is 7.88. The van der Waals surface area contributed by atoms with Crippen LogP contribution in [0.15, 0.2) is 24.3 Å². The molecule has 0 saturated heterocycles. The minimum atomic E-state index is -3.46. The third kappa shape index (κ3) is 6.97. The molecular weight excluding hydrogens is 311 g/mol. The van der Waals surface area contributed by atoms with E-state index in [1.807, 2.05) is 0 Å². The first kappa shape index (κ1) is 18.5. The van der Waals surface area contributed by atoms with Gasteiger partial charge in [0.1, 0.15) is 5.82 Å². The van der Waals surface area contributed by atoms with Crippen LogP contribution in [0.1, 0.15) is 12.0 Å². The average Bonchev–Trinajstić information content (AvgIpc) is 2.45. The Labute approximate surface area is 130 Å². The minimum Gasteiger partial charge on any atom is -0.385 e. The molecule has 124 valence electrons. The lowest BCUT2D eigenvalue weighted by Crippen LogP contribution is -2.40. The summed E-state index contributed by atoms with van der Waals surface area (Å²) in [6, 6.07) is 5.72. The molecule has 22 heavy (non-hydrogen) atoms. The fraction of sp³-hybridized carbons (Fsp3) is 0.500. The molecule has 0 saturated carbocycles. The van der Waals surface area contributed by atoms with Gasteiger partial charge < -0.3 is 10.1 Å². The van der Waals surface area contributed by atoms with Crippen molar-refractivity contribution in [3.05, 3.63) is 35.6 Å². The zero-order valence-electron chi connectivity index (χ0n) is 12.7.